The van der Waals surface area contributed by atoms with Crippen LogP contribution in [0.3, 0.4) is 0 Å². The van der Waals surface area contributed by atoms with E-state index in [-0.39, 0.29) is 24.6 Å². The number of carboxylic acids is 1. The zero-order chi connectivity index (χ0) is 17.1. The Hall–Kier alpha value is -2.83. The van der Waals surface area contributed by atoms with Crippen LogP contribution in [-0.4, -0.2) is 28.1 Å². The van der Waals surface area contributed by atoms with Crippen LogP contribution in [0.4, 0.5) is 5.69 Å². The lowest BCUT2D eigenvalue weighted by molar-refractivity contribution is -0.136. The Morgan fingerprint density at radius 3 is 2.65 bits per heavy atom. The number of benzene rings is 1. The number of nitrogens with two attached hydrogens (primary N) is 1. The molecule has 0 unspecified atom stereocenters. The van der Waals surface area contributed by atoms with E-state index in [1.165, 1.54) is 6.20 Å². The monoisotopic (exact) mass is 317 g/mol. The quantitative estimate of drug-likeness (QED) is 0.721. The normalized spacial score (nSPS) is 10.9. The number of carbonyl (C=O) groups is 2. The minimum absolute atomic E-state index is 0.0190. The third-order valence-corrected chi connectivity index (χ3v) is 3.52. The molecule has 2 rings (SSSR count). The summed E-state index contributed by atoms with van der Waals surface area (Å²) in [4.78, 5) is 35.3. The number of amides is 1. The Morgan fingerprint density at radius 1 is 1.35 bits per heavy atom. The largest absolute Gasteiger partial charge is 0.481 e. The maximum atomic E-state index is 12.6. The first kappa shape index (κ1) is 16.5. The third kappa shape index (κ3) is 3.33. The zero-order valence-electron chi connectivity index (χ0n) is 13.0. The molecular formula is C16H19N3O4. The van der Waals surface area contributed by atoms with E-state index in [2.05, 4.69) is 5.32 Å². The van der Waals surface area contributed by atoms with Gasteiger partial charge in [-0.3, -0.25) is 14.4 Å². The van der Waals surface area contributed by atoms with Crippen LogP contribution in [0, 0.1) is 0 Å². The highest BCUT2D eigenvalue weighted by molar-refractivity contribution is 6.00. The smallest absolute Gasteiger partial charge is 0.305 e. The minimum atomic E-state index is -1.02. The lowest BCUT2D eigenvalue weighted by Crippen LogP contribution is -2.31. The van der Waals surface area contributed by atoms with Crippen molar-refractivity contribution in [1.82, 2.24) is 9.88 Å². The van der Waals surface area contributed by atoms with Gasteiger partial charge in [0.25, 0.3) is 5.91 Å². The summed E-state index contributed by atoms with van der Waals surface area (Å²) in [5.74, 6) is -1.62. The van der Waals surface area contributed by atoms with Crippen molar-refractivity contribution in [2.75, 3.05) is 12.3 Å². The summed E-state index contributed by atoms with van der Waals surface area (Å²) in [5, 5.41) is 11.4. The van der Waals surface area contributed by atoms with Crippen molar-refractivity contribution in [3.63, 3.8) is 0 Å². The average Bonchev–Trinajstić information content (AvgIpc) is 2.46. The van der Waals surface area contributed by atoms with Crippen molar-refractivity contribution >= 4 is 28.5 Å². The molecule has 0 bridgehead atoms. The second-order valence-corrected chi connectivity index (χ2v) is 5.51. The van der Waals surface area contributed by atoms with Gasteiger partial charge < -0.3 is 20.7 Å². The molecule has 0 aliphatic heterocycles. The van der Waals surface area contributed by atoms with Crippen molar-refractivity contribution in [2.24, 2.45) is 0 Å². The molecule has 0 aliphatic carbocycles. The number of carboxylic acid groups (broad SMARTS) is 1. The lowest BCUT2D eigenvalue weighted by atomic mass is 10.1. The van der Waals surface area contributed by atoms with Crippen LogP contribution in [0.15, 0.2) is 29.2 Å². The third-order valence-electron chi connectivity index (χ3n) is 3.52. The summed E-state index contributed by atoms with van der Waals surface area (Å²) in [6, 6.07) is 5.16. The highest BCUT2D eigenvalue weighted by atomic mass is 16.4. The Morgan fingerprint density at radius 2 is 2.04 bits per heavy atom. The summed E-state index contributed by atoms with van der Waals surface area (Å²) >= 11 is 0. The van der Waals surface area contributed by atoms with Gasteiger partial charge in [0, 0.05) is 24.5 Å². The van der Waals surface area contributed by atoms with Gasteiger partial charge in [-0.25, -0.2) is 0 Å². The van der Waals surface area contributed by atoms with Gasteiger partial charge in [-0.2, -0.15) is 0 Å². The van der Waals surface area contributed by atoms with Crippen molar-refractivity contribution in [1.29, 1.82) is 0 Å². The van der Waals surface area contributed by atoms with Gasteiger partial charge in [-0.1, -0.05) is 6.07 Å². The predicted molar refractivity (Wildman–Crippen MR) is 87.6 cm³/mol. The molecule has 0 saturated carbocycles. The number of fused-ring (bicyclic) bond motifs is 1. The SMILES string of the molecule is CC(C)n1cc(C(=O)NCCC(=O)O)c(=O)c2c(N)cccc21. The Bertz CT molecular complexity index is 824. The summed E-state index contributed by atoms with van der Waals surface area (Å²) < 4.78 is 1.80. The number of carbonyl (C=O) groups excluding carboxylic acids is 1. The summed E-state index contributed by atoms with van der Waals surface area (Å²) in [6.07, 6.45) is 1.28. The molecule has 1 aromatic carbocycles. The minimum Gasteiger partial charge on any atom is -0.481 e. The van der Waals surface area contributed by atoms with Crippen LogP contribution in [0.1, 0.15) is 36.7 Å². The van der Waals surface area contributed by atoms with Crippen LogP contribution in [0.5, 0.6) is 0 Å². The van der Waals surface area contributed by atoms with Gasteiger partial charge in [-0.15, -0.1) is 0 Å². The lowest BCUT2D eigenvalue weighted by Gasteiger charge is -2.17. The van der Waals surface area contributed by atoms with E-state index in [4.69, 9.17) is 10.8 Å². The molecule has 0 fully saturated rings. The molecule has 1 heterocycles. The van der Waals surface area contributed by atoms with E-state index in [9.17, 15) is 14.4 Å². The number of nitrogen functional groups attached to an aromatic ring is 1. The number of anilines is 1. The Labute approximate surface area is 132 Å². The number of nitrogens with zero attached hydrogens (tertiary/aromatic N) is 1. The molecule has 0 spiro atoms. The van der Waals surface area contributed by atoms with Crippen molar-refractivity contribution < 1.29 is 14.7 Å². The zero-order valence-corrected chi connectivity index (χ0v) is 13.0. The van der Waals surface area contributed by atoms with Gasteiger partial charge in [0.2, 0.25) is 5.43 Å². The number of rotatable bonds is 5. The number of pyridine rings is 1. The molecule has 7 nitrogen and oxygen atoms in total. The van der Waals surface area contributed by atoms with Gasteiger partial charge >= 0.3 is 5.97 Å². The van der Waals surface area contributed by atoms with Crippen molar-refractivity contribution in [3.8, 4) is 0 Å². The predicted octanol–water partition coefficient (Wildman–Crippen LogP) is 1.37. The standard InChI is InChI=1S/C16H19N3O4/c1-9(2)19-8-10(16(23)18-7-6-13(20)21)15(22)14-11(17)4-3-5-12(14)19/h3-5,8-9H,6-7,17H2,1-2H3,(H,18,23)(H,20,21). The fourth-order valence-corrected chi connectivity index (χ4v) is 2.39. The van der Waals surface area contributed by atoms with Crippen molar-refractivity contribution in [2.45, 2.75) is 26.3 Å². The van der Waals surface area contributed by atoms with E-state index < -0.39 is 17.3 Å². The first-order valence-corrected chi connectivity index (χ1v) is 7.26. The number of aliphatic carboxylic acids is 1. The molecule has 23 heavy (non-hydrogen) atoms. The van der Waals surface area contributed by atoms with Crippen LogP contribution in [0.2, 0.25) is 0 Å². The molecule has 2 aromatic rings. The first-order chi connectivity index (χ1) is 10.8. The highest BCUT2D eigenvalue weighted by Crippen LogP contribution is 2.21. The van der Waals surface area contributed by atoms with E-state index in [0.717, 1.165) is 0 Å². The summed E-state index contributed by atoms with van der Waals surface area (Å²) in [5.41, 5.74) is 6.38. The van der Waals surface area contributed by atoms with Crippen molar-refractivity contribution in [3.05, 3.63) is 40.2 Å². The van der Waals surface area contributed by atoms with E-state index in [1.807, 2.05) is 13.8 Å². The molecule has 0 saturated heterocycles. The highest BCUT2D eigenvalue weighted by Gasteiger charge is 2.18. The second-order valence-electron chi connectivity index (χ2n) is 5.51. The molecule has 7 heteroatoms. The molecule has 4 N–H and O–H groups in total. The molecule has 0 aliphatic rings. The molecule has 0 radical (unpaired) electrons. The van der Waals surface area contributed by atoms with Crippen LogP contribution in [-0.2, 0) is 4.79 Å². The number of aromatic nitrogens is 1. The van der Waals surface area contributed by atoms with Gasteiger partial charge in [0.05, 0.1) is 17.3 Å². The first-order valence-electron chi connectivity index (χ1n) is 7.26. The molecule has 1 aromatic heterocycles. The fourth-order valence-electron chi connectivity index (χ4n) is 2.39. The summed E-state index contributed by atoms with van der Waals surface area (Å²) in [7, 11) is 0. The number of hydrogen-bond acceptors (Lipinski definition) is 4. The van der Waals surface area contributed by atoms with Crippen LogP contribution < -0.4 is 16.5 Å². The maximum Gasteiger partial charge on any atom is 0.305 e. The Balaban J connectivity index is 2.54. The fraction of sp³-hybridized carbons (Fsp3) is 0.312. The maximum absolute atomic E-state index is 12.6. The second kappa shape index (κ2) is 6.51. The Kier molecular flexibility index (Phi) is 4.68. The van der Waals surface area contributed by atoms with Gasteiger partial charge in [0.15, 0.2) is 0 Å². The molecule has 0 atom stereocenters. The molecular weight excluding hydrogens is 298 g/mol. The summed E-state index contributed by atoms with van der Waals surface area (Å²) in [6.45, 7) is 3.82. The average molecular weight is 317 g/mol. The number of nitrogens with one attached hydrogen (secondary N) is 1. The van der Waals surface area contributed by atoms with Crippen LogP contribution >= 0.6 is 0 Å². The molecule has 1 amide bonds. The van der Waals surface area contributed by atoms with E-state index in [1.54, 1.807) is 22.8 Å². The van der Waals surface area contributed by atoms with Gasteiger partial charge in [0.1, 0.15) is 5.56 Å². The van der Waals surface area contributed by atoms with E-state index >= 15 is 0 Å². The number of hydrogen-bond donors (Lipinski definition) is 3. The molecule has 122 valence electrons. The van der Waals surface area contributed by atoms with Gasteiger partial charge in [-0.05, 0) is 26.0 Å². The van der Waals surface area contributed by atoms with E-state index in [0.29, 0.717) is 16.6 Å². The van der Waals surface area contributed by atoms with Crippen LogP contribution in [0.25, 0.3) is 10.9 Å². The topological polar surface area (TPSA) is 114 Å².